The van der Waals surface area contributed by atoms with E-state index >= 15 is 0 Å². The molecule has 3 heteroatoms. The minimum absolute atomic E-state index is 0.905. The van der Waals surface area contributed by atoms with Crippen molar-refractivity contribution in [3.05, 3.63) is 57.1 Å². The zero-order chi connectivity index (χ0) is 13.6. The van der Waals surface area contributed by atoms with Crippen LogP contribution in [0.5, 0.6) is 0 Å². The third-order valence-electron chi connectivity index (χ3n) is 3.81. The van der Waals surface area contributed by atoms with Gasteiger partial charge < -0.3 is 10.6 Å². The lowest BCUT2D eigenvalue weighted by Crippen LogP contribution is -2.15. The minimum atomic E-state index is 0.905. The van der Waals surface area contributed by atoms with Crippen LogP contribution in [0.3, 0.4) is 0 Å². The van der Waals surface area contributed by atoms with E-state index in [0.717, 1.165) is 18.8 Å². The molecule has 0 spiro atoms. The monoisotopic (exact) mass is 316 g/mol. The average Bonchev–Trinajstić information content (AvgIpc) is 2.81. The molecule has 0 saturated heterocycles. The topological polar surface area (TPSA) is 29.3 Å². The van der Waals surface area contributed by atoms with Crippen LogP contribution < -0.4 is 10.6 Å². The minimum Gasteiger partial charge on any atom is -0.398 e. The third-order valence-corrected chi connectivity index (χ3v) is 5.06. The first-order chi connectivity index (χ1) is 9.06. The Morgan fingerprint density at radius 2 is 1.79 bits per heavy atom. The molecule has 0 unspecified atom stereocenters. The summed E-state index contributed by atoms with van der Waals surface area (Å²) in [5.41, 5.74) is 13.4. The Morgan fingerprint density at radius 3 is 2.42 bits per heavy atom. The van der Waals surface area contributed by atoms with E-state index in [9.17, 15) is 0 Å². The second-order valence-electron chi connectivity index (χ2n) is 5.23. The molecule has 19 heavy (non-hydrogen) atoms. The van der Waals surface area contributed by atoms with Gasteiger partial charge in [0.05, 0.1) is 0 Å². The first-order valence-corrected chi connectivity index (χ1v) is 7.23. The Kier molecular flexibility index (Phi) is 3.02. The zero-order valence-corrected chi connectivity index (χ0v) is 12.8. The molecule has 2 N–H and O–H groups in total. The second-order valence-corrected chi connectivity index (χ2v) is 6.03. The molecule has 0 amide bonds. The predicted molar refractivity (Wildman–Crippen MR) is 84.4 cm³/mol. The molecule has 98 valence electrons. The summed E-state index contributed by atoms with van der Waals surface area (Å²) < 4.78 is 1.20. The highest BCUT2D eigenvalue weighted by Crippen LogP contribution is 2.34. The SMILES string of the molecule is Cc1cc(N2Cc3cccc(N)c3C2)cc(C)c1Br. The zero-order valence-electron chi connectivity index (χ0n) is 11.2. The van der Waals surface area contributed by atoms with Gasteiger partial charge in [-0.15, -0.1) is 0 Å². The van der Waals surface area contributed by atoms with Crippen LogP contribution in [0.25, 0.3) is 0 Å². The van der Waals surface area contributed by atoms with Crippen LogP contribution in [-0.2, 0) is 13.1 Å². The maximum absolute atomic E-state index is 6.06. The van der Waals surface area contributed by atoms with E-state index in [1.54, 1.807) is 0 Å². The van der Waals surface area contributed by atoms with Gasteiger partial charge in [-0.05, 0) is 54.3 Å². The summed E-state index contributed by atoms with van der Waals surface area (Å²) in [6.45, 7) is 6.12. The lowest BCUT2D eigenvalue weighted by Gasteiger charge is -2.20. The van der Waals surface area contributed by atoms with Crippen LogP contribution in [0.15, 0.2) is 34.8 Å². The van der Waals surface area contributed by atoms with Crippen molar-refractivity contribution in [2.75, 3.05) is 10.6 Å². The highest BCUT2D eigenvalue weighted by molar-refractivity contribution is 9.10. The number of benzene rings is 2. The Bertz CT molecular complexity index is 626. The normalized spacial score (nSPS) is 13.7. The molecule has 0 bridgehead atoms. The molecule has 2 aromatic carbocycles. The first kappa shape index (κ1) is 12.5. The molecule has 2 aromatic rings. The quantitative estimate of drug-likeness (QED) is 0.800. The Hall–Kier alpha value is -1.48. The van der Waals surface area contributed by atoms with Crippen molar-refractivity contribution in [2.45, 2.75) is 26.9 Å². The number of anilines is 2. The summed E-state index contributed by atoms with van der Waals surface area (Å²) in [5.74, 6) is 0. The molecule has 0 aliphatic carbocycles. The molecule has 3 rings (SSSR count). The summed E-state index contributed by atoms with van der Waals surface area (Å²) in [4.78, 5) is 2.38. The molecular weight excluding hydrogens is 300 g/mol. The average molecular weight is 317 g/mol. The van der Waals surface area contributed by atoms with E-state index in [1.807, 2.05) is 12.1 Å². The number of nitrogen functional groups attached to an aromatic ring is 1. The van der Waals surface area contributed by atoms with Gasteiger partial charge in [0, 0.05) is 28.9 Å². The molecule has 0 saturated carbocycles. The van der Waals surface area contributed by atoms with E-state index < -0.39 is 0 Å². The van der Waals surface area contributed by atoms with Gasteiger partial charge in [-0.25, -0.2) is 0 Å². The van der Waals surface area contributed by atoms with Crippen LogP contribution >= 0.6 is 15.9 Å². The molecule has 2 nitrogen and oxygen atoms in total. The maximum Gasteiger partial charge on any atom is 0.0457 e. The fourth-order valence-electron chi connectivity index (χ4n) is 2.74. The smallest absolute Gasteiger partial charge is 0.0457 e. The summed E-state index contributed by atoms with van der Waals surface area (Å²) in [6.07, 6.45) is 0. The van der Waals surface area contributed by atoms with Gasteiger partial charge in [0.1, 0.15) is 0 Å². The molecule has 1 aliphatic heterocycles. The lowest BCUT2D eigenvalue weighted by atomic mass is 10.1. The Morgan fingerprint density at radius 1 is 1.11 bits per heavy atom. The van der Waals surface area contributed by atoms with Crippen molar-refractivity contribution in [3.8, 4) is 0 Å². The van der Waals surface area contributed by atoms with Gasteiger partial charge in [0.25, 0.3) is 0 Å². The summed E-state index contributed by atoms with van der Waals surface area (Å²) in [7, 11) is 0. The summed E-state index contributed by atoms with van der Waals surface area (Å²) in [6, 6.07) is 10.7. The van der Waals surface area contributed by atoms with Gasteiger partial charge in [-0.1, -0.05) is 28.1 Å². The first-order valence-electron chi connectivity index (χ1n) is 6.44. The number of nitrogens with zero attached hydrogens (tertiary/aromatic N) is 1. The fraction of sp³-hybridized carbons (Fsp3) is 0.250. The van der Waals surface area contributed by atoms with Crippen LogP contribution in [0.4, 0.5) is 11.4 Å². The van der Waals surface area contributed by atoms with E-state index in [4.69, 9.17) is 5.73 Å². The highest BCUT2D eigenvalue weighted by atomic mass is 79.9. The fourth-order valence-corrected chi connectivity index (χ4v) is 2.96. The van der Waals surface area contributed by atoms with Gasteiger partial charge in [0.15, 0.2) is 0 Å². The maximum atomic E-state index is 6.06. The number of rotatable bonds is 1. The number of fused-ring (bicyclic) bond motifs is 1. The third kappa shape index (κ3) is 2.12. The molecule has 0 aromatic heterocycles. The van der Waals surface area contributed by atoms with E-state index in [0.29, 0.717) is 0 Å². The summed E-state index contributed by atoms with van der Waals surface area (Å²) >= 11 is 3.62. The van der Waals surface area contributed by atoms with Gasteiger partial charge >= 0.3 is 0 Å². The van der Waals surface area contributed by atoms with Gasteiger partial charge in [0.2, 0.25) is 0 Å². The van der Waals surface area contributed by atoms with Crippen molar-refractivity contribution in [2.24, 2.45) is 0 Å². The Balaban J connectivity index is 1.97. The number of halogens is 1. The summed E-state index contributed by atoms with van der Waals surface area (Å²) in [5, 5.41) is 0. The molecular formula is C16H17BrN2. The largest absolute Gasteiger partial charge is 0.398 e. The van der Waals surface area contributed by atoms with Crippen molar-refractivity contribution in [3.63, 3.8) is 0 Å². The molecule has 0 atom stereocenters. The van der Waals surface area contributed by atoms with E-state index in [1.165, 1.54) is 32.4 Å². The standard InChI is InChI=1S/C16H17BrN2/c1-10-6-13(7-11(2)16(10)17)19-8-12-4-3-5-15(18)14(12)9-19/h3-7H,8-9,18H2,1-2H3. The van der Waals surface area contributed by atoms with Crippen molar-refractivity contribution < 1.29 is 0 Å². The van der Waals surface area contributed by atoms with Crippen LogP contribution in [0, 0.1) is 13.8 Å². The number of nitrogens with two attached hydrogens (primary N) is 1. The highest BCUT2D eigenvalue weighted by Gasteiger charge is 2.21. The van der Waals surface area contributed by atoms with Gasteiger partial charge in [-0.2, -0.15) is 0 Å². The second kappa shape index (κ2) is 4.57. The van der Waals surface area contributed by atoms with Crippen molar-refractivity contribution >= 4 is 27.3 Å². The van der Waals surface area contributed by atoms with Crippen LogP contribution in [0.1, 0.15) is 22.3 Å². The molecule has 0 fully saturated rings. The number of hydrogen-bond acceptors (Lipinski definition) is 2. The molecule has 0 radical (unpaired) electrons. The Labute approximate surface area is 122 Å². The van der Waals surface area contributed by atoms with Crippen molar-refractivity contribution in [1.29, 1.82) is 0 Å². The van der Waals surface area contributed by atoms with Crippen LogP contribution in [-0.4, -0.2) is 0 Å². The lowest BCUT2D eigenvalue weighted by molar-refractivity contribution is 0.878. The molecule has 1 aliphatic rings. The molecule has 1 heterocycles. The predicted octanol–water partition coefficient (Wildman–Crippen LogP) is 4.17. The number of hydrogen-bond donors (Lipinski definition) is 1. The number of aryl methyl sites for hydroxylation is 2. The van der Waals surface area contributed by atoms with Crippen molar-refractivity contribution in [1.82, 2.24) is 0 Å². The van der Waals surface area contributed by atoms with Gasteiger partial charge in [-0.3, -0.25) is 0 Å². The van der Waals surface area contributed by atoms with E-state index in [-0.39, 0.29) is 0 Å². The van der Waals surface area contributed by atoms with Crippen LogP contribution in [0.2, 0.25) is 0 Å². The van der Waals surface area contributed by atoms with E-state index in [2.05, 4.69) is 52.9 Å².